The number of thiazole rings is 1. The minimum absolute atomic E-state index is 0.0828. The van der Waals surface area contributed by atoms with Crippen LogP contribution < -0.4 is 16.0 Å². The molecule has 0 unspecified atom stereocenters. The Labute approximate surface area is 192 Å². The van der Waals surface area contributed by atoms with Gasteiger partial charge in [0.15, 0.2) is 5.13 Å². The zero-order valence-electron chi connectivity index (χ0n) is 18.6. The number of anilines is 2. The lowest BCUT2D eigenvalue weighted by molar-refractivity contribution is 0.262. The second kappa shape index (κ2) is 9.67. The van der Waals surface area contributed by atoms with Gasteiger partial charge in [0.2, 0.25) is 5.89 Å². The summed E-state index contributed by atoms with van der Waals surface area (Å²) in [4.78, 5) is 22.1. The maximum absolute atomic E-state index is 12.6. The highest BCUT2D eigenvalue weighted by Crippen LogP contribution is 2.31. The fraction of sp³-hybridized carbons (Fsp3) is 0.375. The standard InChI is InChI=1S/C24H29N5O2S/c1-24(2,3)20-15-26-21(31-20)9-8-17-14-27-23(32-17)29-22(30)28-19-7-5-4-6-18(19)16-10-12-25-13-11-16/h4-9,14-16,25H,10-13H2,1-3H3,(H2,27,28,29,30)/b9-8+. The van der Waals surface area contributed by atoms with Crippen LogP contribution in [0, 0.1) is 0 Å². The van der Waals surface area contributed by atoms with Gasteiger partial charge in [0.25, 0.3) is 0 Å². The van der Waals surface area contributed by atoms with E-state index in [0.29, 0.717) is 16.9 Å². The van der Waals surface area contributed by atoms with Gasteiger partial charge in [-0.2, -0.15) is 0 Å². The first-order valence-corrected chi connectivity index (χ1v) is 11.7. The number of hydrogen-bond acceptors (Lipinski definition) is 6. The van der Waals surface area contributed by atoms with Gasteiger partial charge in [-0.3, -0.25) is 5.32 Å². The van der Waals surface area contributed by atoms with Crippen molar-refractivity contribution in [2.75, 3.05) is 23.7 Å². The van der Waals surface area contributed by atoms with Crippen molar-refractivity contribution in [2.24, 2.45) is 0 Å². The van der Waals surface area contributed by atoms with Crippen molar-refractivity contribution in [2.45, 2.75) is 44.9 Å². The van der Waals surface area contributed by atoms with Crippen LogP contribution in [0.2, 0.25) is 0 Å². The van der Waals surface area contributed by atoms with E-state index < -0.39 is 0 Å². The topological polar surface area (TPSA) is 92.1 Å². The summed E-state index contributed by atoms with van der Waals surface area (Å²) in [6, 6.07) is 7.73. The normalized spacial score (nSPS) is 15.2. The average molecular weight is 452 g/mol. The van der Waals surface area contributed by atoms with Gasteiger partial charge in [0.1, 0.15) is 5.76 Å². The van der Waals surface area contributed by atoms with E-state index >= 15 is 0 Å². The first-order chi connectivity index (χ1) is 15.4. The Balaban J connectivity index is 1.37. The largest absolute Gasteiger partial charge is 0.441 e. The van der Waals surface area contributed by atoms with E-state index in [2.05, 4.69) is 52.8 Å². The Morgan fingerprint density at radius 3 is 2.66 bits per heavy atom. The lowest BCUT2D eigenvalue weighted by Gasteiger charge is -2.25. The van der Waals surface area contributed by atoms with E-state index in [-0.39, 0.29) is 11.4 Å². The number of urea groups is 1. The van der Waals surface area contributed by atoms with Crippen LogP contribution in [-0.2, 0) is 5.41 Å². The van der Waals surface area contributed by atoms with Crippen molar-refractivity contribution in [1.82, 2.24) is 15.3 Å². The predicted octanol–water partition coefficient (Wildman–Crippen LogP) is 5.71. The minimum atomic E-state index is -0.293. The predicted molar refractivity (Wildman–Crippen MR) is 130 cm³/mol. The summed E-state index contributed by atoms with van der Waals surface area (Å²) in [5.74, 6) is 1.84. The fourth-order valence-electron chi connectivity index (χ4n) is 3.64. The van der Waals surface area contributed by atoms with Crippen LogP contribution in [0.5, 0.6) is 0 Å². The summed E-state index contributed by atoms with van der Waals surface area (Å²) in [5, 5.41) is 9.75. The molecule has 1 aromatic carbocycles. The van der Waals surface area contributed by atoms with E-state index in [4.69, 9.17) is 4.42 Å². The molecule has 168 valence electrons. The maximum atomic E-state index is 12.6. The third kappa shape index (κ3) is 5.63. The summed E-state index contributed by atoms with van der Waals surface area (Å²) >= 11 is 1.39. The van der Waals surface area contributed by atoms with Crippen LogP contribution in [0.15, 0.2) is 41.1 Å². The first kappa shape index (κ1) is 22.2. The fourth-order valence-corrected chi connectivity index (χ4v) is 4.35. The molecule has 4 rings (SSSR count). The molecule has 0 atom stereocenters. The lowest BCUT2D eigenvalue weighted by Crippen LogP contribution is -2.27. The summed E-state index contributed by atoms with van der Waals surface area (Å²) < 4.78 is 5.77. The van der Waals surface area contributed by atoms with Crippen LogP contribution in [0.4, 0.5) is 15.6 Å². The molecule has 2 amide bonds. The number of rotatable bonds is 5. The molecule has 0 spiro atoms. The zero-order valence-corrected chi connectivity index (χ0v) is 19.5. The number of carbonyl (C=O) groups is 1. The van der Waals surface area contributed by atoms with Crippen LogP contribution in [0.25, 0.3) is 12.2 Å². The van der Waals surface area contributed by atoms with Gasteiger partial charge in [-0.25, -0.2) is 14.8 Å². The molecule has 0 radical (unpaired) electrons. The SMILES string of the molecule is CC(C)(C)c1cnc(/C=C/c2cnc(NC(=O)Nc3ccccc3C3CCNCC3)s2)o1. The number of benzene rings is 1. The molecule has 8 heteroatoms. The number of piperidine rings is 1. The molecule has 3 aromatic rings. The molecule has 3 heterocycles. The van der Waals surface area contributed by atoms with Crippen molar-refractivity contribution >= 4 is 40.3 Å². The van der Waals surface area contributed by atoms with Gasteiger partial charge in [0, 0.05) is 28.3 Å². The van der Waals surface area contributed by atoms with Crippen molar-refractivity contribution in [3.8, 4) is 0 Å². The van der Waals surface area contributed by atoms with Gasteiger partial charge in [0.05, 0.1) is 6.20 Å². The Morgan fingerprint density at radius 1 is 1.12 bits per heavy atom. The molecule has 0 aliphatic carbocycles. The number of para-hydroxylation sites is 1. The van der Waals surface area contributed by atoms with Gasteiger partial charge in [-0.15, -0.1) is 0 Å². The molecule has 1 aliphatic rings. The van der Waals surface area contributed by atoms with Crippen LogP contribution in [-0.4, -0.2) is 29.1 Å². The molecule has 2 aromatic heterocycles. The van der Waals surface area contributed by atoms with Crippen molar-refractivity contribution in [3.05, 3.63) is 58.8 Å². The third-order valence-corrected chi connectivity index (χ3v) is 6.26. The Kier molecular flexibility index (Phi) is 6.72. The molecule has 1 saturated heterocycles. The number of carbonyl (C=O) groups excluding carboxylic acids is 1. The van der Waals surface area contributed by atoms with Crippen LogP contribution in [0.1, 0.15) is 61.6 Å². The molecule has 0 saturated carbocycles. The number of oxazole rings is 1. The summed E-state index contributed by atoms with van der Waals surface area (Å²) in [5.41, 5.74) is 1.96. The van der Waals surface area contributed by atoms with E-state index in [1.165, 1.54) is 16.9 Å². The lowest BCUT2D eigenvalue weighted by atomic mass is 9.89. The maximum Gasteiger partial charge on any atom is 0.325 e. The van der Waals surface area contributed by atoms with Crippen LogP contribution >= 0.6 is 11.3 Å². The quantitative estimate of drug-likeness (QED) is 0.462. The van der Waals surface area contributed by atoms with Crippen molar-refractivity contribution in [1.29, 1.82) is 0 Å². The van der Waals surface area contributed by atoms with E-state index in [1.54, 1.807) is 12.4 Å². The summed E-state index contributed by atoms with van der Waals surface area (Å²) in [6.45, 7) is 8.26. The van der Waals surface area contributed by atoms with Gasteiger partial charge >= 0.3 is 6.03 Å². The van der Waals surface area contributed by atoms with Gasteiger partial charge < -0.3 is 15.1 Å². The van der Waals surface area contributed by atoms with Crippen LogP contribution in [0.3, 0.4) is 0 Å². The number of hydrogen-bond donors (Lipinski definition) is 3. The highest BCUT2D eigenvalue weighted by molar-refractivity contribution is 7.16. The highest BCUT2D eigenvalue weighted by Gasteiger charge is 2.20. The van der Waals surface area contributed by atoms with E-state index in [9.17, 15) is 4.79 Å². The third-order valence-electron chi connectivity index (χ3n) is 5.38. The average Bonchev–Trinajstić information content (AvgIpc) is 3.42. The summed E-state index contributed by atoms with van der Waals surface area (Å²) in [6.07, 6.45) is 9.31. The van der Waals surface area contributed by atoms with E-state index in [1.807, 2.05) is 30.4 Å². The van der Waals surface area contributed by atoms with Gasteiger partial charge in [-0.1, -0.05) is 50.3 Å². The number of aromatic nitrogens is 2. The Hall–Kier alpha value is -2.97. The molecule has 0 bridgehead atoms. The summed E-state index contributed by atoms with van der Waals surface area (Å²) in [7, 11) is 0. The second-order valence-electron chi connectivity index (χ2n) is 8.90. The second-order valence-corrected chi connectivity index (χ2v) is 9.97. The molecule has 32 heavy (non-hydrogen) atoms. The van der Waals surface area contributed by atoms with Gasteiger partial charge in [-0.05, 0) is 49.6 Å². The molecule has 7 nitrogen and oxygen atoms in total. The molecular weight excluding hydrogens is 422 g/mol. The number of nitrogens with zero attached hydrogens (tertiary/aromatic N) is 2. The Morgan fingerprint density at radius 2 is 1.91 bits per heavy atom. The Bertz CT molecular complexity index is 1090. The van der Waals surface area contributed by atoms with Crippen molar-refractivity contribution in [3.63, 3.8) is 0 Å². The molecule has 1 fully saturated rings. The monoisotopic (exact) mass is 451 g/mol. The minimum Gasteiger partial charge on any atom is -0.441 e. The first-order valence-electron chi connectivity index (χ1n) is 10.9. The number of nitrogens with one attached hydrogen (secondary N) is 3. The highest BCUT2D eigenvalue weighted by atomic mass is 32.1. The van der Waals surface area contributed by atoms with E-state index in [0.717, 1.165) is 42.3 Å². The smallest absolute Gasteiger partial charge is 0.325 e. The van der Waals surface area contributed by atoms with Crippen molar-refractivity contribution < 1.29 is 9.21 Å². The molecule has 3 N–H and O–H groups in total. The molecular formula is C24H29N5O2S. The molecule has 1 aliphatic heterocycles. The number of amides is 2. The zero-order chi connectivity index (χ0) is 22.6.